The summed E-state index contributed by atoms with van der Waals surface area (Å²) in [6.07, 6.45) is 6.67. The van der Waals surface area contributed by atoms with E-state index in [9.17, 15) is 0 Å². The summed E-state index contributed by atoms with van der Waals surface area (Å²) in [4.78, 5) is 6.92. The summed E-state index contributed by atoms with van der Waals surface area (Å²) in [7, 11) is 1.84. The van der Waals surface area contributed by atoms with Gasteiger partial charge in [-0.25, -0.2) is 0 Å². The third kappa shape index (κ3) is 7.47. The van der Waals surface area contributed by atoms with Crippen LogP contribution in [0.5, 0.6) is 0 Å². The zero-order valence-electron chi connectivity index (χ0n) is 17.1. The smallest absolute Gasteiger partial charge is 0.191 e. The molecule has 154 valence electrons. The van der Waals surface area contributed by atoms with Gasteiger partial charge in [0.1, 0.15) is 0 Å². The third-order valence-electron chi connectivity index (χ3n) is 5.34. The normalized spacial score (nSPS) is 15.9. The molecule has 0 bridgehead atoms. The molecule has 0 amide bonds. The molecular weight excluding hydrogens is 461 g/mol. The van der Waals surface area contributed by atoms with Gasteiger partial charge in [0.15, 0.2) is 5.96 Å². The second-order valence-corrected chi connectivity index (χ2v) is 7.51. The number of halogens is 1. The van der Waals surface area contributed by atoms with Crippen LogP contribution in [0.15, 0.2) is 53.8 Å². The Labute approximate surface area is 186 Å². The van der Waals surface area contributed by atoms with Crippen LogP contribution < -0.4 is 10.6 Å². The van der Waals surface area contributed by atoms with Crippen molar-refractivity contribution in [2.75, 3.05) is 33.2 Å². The highest BCUT2D eigenvalue weighted by atomic mass is 127. The monoisotopic (exact) mass is 495 g/mol. The molecule has 2 heterocycles. The van der Waals surface area contributed by atoms with Crippen molar-refractivity contribution in [2.24, 2.45) is 10.9 Å². The largest absolute Gasteiger partial charge is 0.356 e. The standard InChI is InChI=1S/C22H33N5.HI/c1-19-5-7-21(8-6-19)18-27-14-9-20(10-15-27)17-25-22(23-2)24-11-16-26-12-3-4-13-26;/h3-8,12-13,20H,9-11,14-18H2,1-2H3,(H2,23,24,25);1H. The van der Waals surface area contributed by atoms with Crippen LogP contribution in [-0.2, 0) is 13.1 Å². The number of rotatable bonds is 7. The first-order valence-electron chi connectivity index (χ1n) is 10.1. The maximum atomic E-state index is 4.34. The molecule has 0 atom stereocenters. The molecule has 2 N–H and O–H groups in total. The molecule has 6 heteroatoms. The molecule has 0 spiro atoms. The van der Waals surface area contributed by atoms with Gasteiger partial charge in [-0.15, -0.1) is 24.0 Å². The second kappa shape index (κ2) is 12.1. The fraction of sp³-hybridized carbons (Fsp3) is 0.500. The number of likely N-dealkylation sites (tertiary alicyclic amines) is 1. The summed E-state index contributed by atoms with van der Waals surface area (Å²) in [6.45, 7) is 8.41. The highest BCUT2D eigenvalue weighted by Gasteiger charge is 2.19. The zero-order valence-corrected chi connectivity index (χ0v) is 19.4. The number of hydrogen-bond acceptors (Lipinski definition) is 2. The molecule has 1 fully saturated rings. The number of guanidine groups is 1. The first-order chi connectivity index (χ1) is 13.2. The molecule has 1 aromatic heterocycles. The molecule has 1 aromatic carbocycles. The Balaban J connectivity index is 0.00000280. The Hall–Kier alpha value is -1.54. The molecular formula is C22H34IN5. The Bertz CT molecular complexity index is 688. The summed E-state index contributed by atoms with van der Waals surface area (Å²) in [5, 5.41) is 6.90. The summed E-state index contributed by atoms with van der Waals surface area (Å²) in [5.74, 6) is 1.63. The number of aromatic nitrogens is 1. The maximum Gasteiger partial charge on any atom is 0.191 e. The molecule has 1 saturated heterocycles. The highest BCUT2D eigenvalue weighted by Crippen LogP contribution is 2.18. The number of piperidine rings is 1. The number of hydrogen-bond donors (Lipinski definition) is 2. The Kier molecular flexibility index (Phi) is 9.84. The topological polar surface area (TPSA) is 44.6 Å². The average molecular weight is 495 g/mol. The van der Waals surface area contributed by atoms with Gasteiger partial charge in [0.2, 0.25) is 0 Å². The molecule has 28 heavy (non-hydrogen) atoms. The maximum absolute atomic E-state index is 4.34. The quantitative estimate of drug-likeness (QED) is 0.351. The minimum Gasteiger partial charge on any atom is -0.356 e. The van der Waals surface area contributed by atoms with E-state index in [1.54, 1.807) is 0 Å². The Morgan fingerprint density at radius 2 is 1.75 bits per heavy atom. The van der Waals surface area contributed by atoms with Crippen LogP contribution in [0.25, 0.3) is 0 Å². The van der Waals surface area contributed by atoms with E-state index in [4.69, 9.17) is 0 Å². The Morgan fingerprint density at radius 1 is 1.07 bits per heavy atom. The van der Waals surface area contributed by atoms with Gasteiger partial charge in [-0.3, -0.25) is 9.89 Å². The molecule has 0 saturated carbocycles. The van der Waals surface area contributed by atoms with E-state index in [1.165, 1.54) is 37.1 Å². The van der Waals surface area contributed by atoms with Crippen molar-refractivity contribution in [3.8, 4) is 0 Å². The summed E-state index contributed by atoms with van der Waals surface area (Å²) >= 11 is 0. The molecule has 0 aliphatic carbocycles. The Morgan fingerprint density at radius 3 is 2.39 bits per heavy atom. The lowest BCUT2D eigenvalue weighted by Crippen LogP contribution is -2.43. The average Bonchev–Trinajstić information content (AvgIpc) is 3.21. The van der Waals surface area contributed by atoms with E-state index in [0.717, 1.165) is 38.1 Å². The SMILES string of the molecule is CN=C(NCCn1cccc1)NCC1CCN(Cc2ccc(C)cc2)CC1.I. The summed E-state index contributed by atoms with van der Waals surface area (Å²) < 4.78 is 2.17. The van der Waals surface area contributed by atoms with Crippen LogP contribution in [0.2, 0.25) is 0 Å². The van der Waals surface area contributed by atoms with Crippen LogP contribution in [-0.4, -0.2) is 48.7 Å². The summed E-state index contributed by atoms with van der Waals surface area (Å²) in [6, 6.07) is 13.0. The number of nitrogens with one attached hydrogen (secondary N) is 2. The van der Waals surface area contributed by atoms with Crippen molar-refractivity contribution in [2.45, 2.75) is 32.9 Å². The fourth-order valence-electron chi connectivity index (χ4n) is 3.58. The van der Waals surface area contributed by atoms with Crippen molar-refractivity contribution in [3.05, 3.63) is 59.9 Å². The van der Waals surface area contributed by atoms with Gasteiger partial charge in [0.25, 0.3) is 0 Å². The van der Waals surface area contributed by atoms with E-state index < -0.39 is 0 Å². The van der Waals surface area contributed by atoms with E-state index in [-0.39, 0.29) is 24.0 Å². The van der Waals surface area contributed by atoms with E-state index >= 15 is 0 Å². The zero-order chi connectivity index (χ0) is 18.9. The lowest BCUT2D eigenvalue weighted by atomic mass is 9.96. The lowest BCUT2D eigenvalue weighted by Gasteiger charge is -2.32. The number of aliphatic imine (C=N–C) groups is 1. The van der Waals surface area contributed by atoms with Gasteiger partial charge >= 0.3 is 0 Å². The molecule has 0 radical (unpaired) electrons. The molecule has 3 rings (SSSR count). The first-order valence-corrected chi connectivity index (χ1v) is 10.1. The molecule has 1 aliphatic rings. The van der Waals surface area contributed by atoms with Gasteiger partial charge in [0.05, 0.1) is 0 Å². The van der Waals surface area contributed by atoms with E-state index in [1.807, 2.05) is 7.05 Å². The van der Waals surface area contributed by atoms with Gasteiger partial charge in [-0.2, -0.15) is 0 Å². The summed E-state index contributed by atoms with van der Waals surface area (Å²) in [5.41, 5.74) is 2.75. The van der Waals surface area contributed by atoms with Crippen molar-refractivity contribution < 1.29 is 0 Å². The fourth-order valence-corrected chi connectivity index (χ4v) is 3.58. The van der Waals surface area contributed by atoms with E-state index in [0.29, 0.717) is 0 Å². The van der Waals surface area contributed by atoms with Crippen molar-refractivity contribution in [1.82, 2.24) is 20.1 Å². The first kappa shape index (κ1) is 22.7. The van der Waals surface area contributed by atoms with Crippen LogP contribution in [0.3, 0.4) is 0 Å². The van der Waals surface area contributed by atoms with Gasteiger partial charge in [-0.1, -0.05) is 29.8 Å². The van der Waals surface area contributed by atoms with Crippen LogP contribution in [0.1, 0.15) is 24.0 Å². The third-order valence-corrected chi connectivity index (χ3v) is 5.34. The van der Waals surface area contributed by atoms with Gasteiger partial charge < -0.3 is 15.2 Å². The van der Waals surface area contributed by atoms with Crippen molar-refractivity contribution in [1.29, 1.82) is 0 Å². The minimum atomic E-state index is 0. The van der Waals surface area contributed by atoms with Gasteiger partial charge in [-0.05, 0) is 56.5 Å². The van der Waals surface area contributed by atoms with Crippen LogP contribution in [0, 0.1) is 12.8 Å². The minimum absolute atomic E-state index is 0. The van der Waals surface area contributed by atoms with Crippen molar-refractivity contribution >= 4 is 29.9 Å². The van der Waals surface area contributed by atoms with Crippen molar-refractivity contribution in [3.63, 3.8) is 0 Å². The highest BCUT2D eigenvalue weighted by molar-refractivity contribution is 14.0. The number of nitrogens with zero attached hydrogens (tertiary/aromatic N) is 3. The van der Waals surface area contributed by atoms with Crippen LogP contribution in [0.4, 0.5) is 0 Å². The van der Waals surface area contributed by atoms with E-state index in [2.05, 4.69) is 80.8 Å². The molecule has 2 aromatic rings. The predicted octanol–water partition coefficient (Wildman–Crippen LogP) is 3.49. The van der Waals surface area contributed by atoms with Gasteiger partial charge in [0, 0.05) is 45.6 Å². The predicted molar refractivity (Wildman–Crippen MR) is 128 cm³/mol. The second-order valence-electron chi connectivity index (χ2n) is 7.51. The lowest BCUT2D eigenvalue weighted by molar-refractivity contribution is 0.178. The number of benzene rings is 1. The molecule has 5 nitrogen and oxygen atoms in total. The number of aryl methyl sites for hydroxylation is 1. The van der Waals surface area contributed by atoms with Crippen LogP contribution >= 0.6 is 24.0 Å². The molecule has 1 aliphatic heterocycles. The molecule has 0 unspecified atom stereocenters.